The number of esters is 1. The van der Waals surface area contributed by atoms with Gasteiger partial charge in [-0.15, -0.1) is 0 Å². The van der Waals surface area contributed by atoms with Crippen molar-refractivity contribution in [3.63, 3.8) is 0 Å². The van der Waals surface area contributed by atoms with E-state index in [0.29, 0.717) is 0 Å². The molecule has 0 aromatic heterocycles. The van der Waals surface area contributed by atoms with Gasteiger partial charge in [0.05, 0.1) is 18.6 Å². The lowest BCUT2D eigenvalue weighted by atomic mass is 9.97. The summed E-state index contributed by atoms with van der Waals surface area (Å²) in [6, 6.07) is 3.32. The minimum atomic E-state index is -4.67. The Kier molecular flexibility index (Phi) is 8.18. The minimum absolute atomic E-state index is 0.0279. The molecule has 0 aliphatic rings. The molecule has 1 N–H and O–H groups in total. The summed E-state index contributed by atoms with van der Waals surface area (Å²) in [7, 11) is 0. The highest BCUT2D eigenvalue weighted by molar-refractivity contribution is 5.87. The number of ether oxygens (including phenoxy) is 1. The van der Waals surface area contributed by atoms with E-state index < -0.39 is 30.1 Å². The molecule has 7 heteroatoms. The SMILES string of the molecule is CCCCCCOC(=O)/C=C/c1cccc(C(F)(F)F)c1CC(=O)O. The third kappa shape index (κ3) is 7.41. The van der Waals surface area contributed by atoms with Crippen molar-refractivity contribution >= 4 is 18.0 Å². The second-order valence-corrected chi connectivity index (χ2v) is 5.50. The van der Waals surface area contributed by atoms with E-state index in [1.54, 1.807) is 0 Å². The van der Waals surface area contributed by atoms with Crippen LogP contribution in [-0.2, 0) is 26.9 Å². The molecular weight excluding hydrogens is 337 g/mol. The molecule has 138 valence electrons. The highest BCUT2D eigenvalue weighted by Gasteiger charge is 2.34. The Morgan fingerprint density at radius 2 is 1.92 bits per heavy atom. The zero-order valence-electron chi connectivity index (χ0n) is 13.9. The van der Waals surface area contributed by atoms with Crippen LogP contribution in [0.2, 0.25) is 0 Å². The second kappa shape index (κ2) is 9.86. The zero-order chi connectivity index (χ0) is 18.9. The number of carbonyl (C=O) groups is 2. The Bertz CT molecular complexity index is 621. The van der Waals surface area contributed by atoms with Crippen LogP contribution < -0.4 is 0 Å². The Morgan fingerprint density at radius 3 is 2.52 bits per heavy atom. The fourth-order valence-corrected chi connectivity index (χ4v) is 2.28. The van der Waals surface area contributed by atoms with Crippen LogP contribution in [0.5, 0.6) is 0 Å². The van der Waals surface area contributed by atoms with Gasteiger partial charge < -0.3 is 9.84 Å². The van der Waals surface area contributed by atoms with Gasteiger partial charge in [0.2, 0.25) is 0 Å². The van der Waals surface area contributed by atoms with E-state index in [2.05, 4.69) is 6.92 Å². The Morgan fingerprint density at radius 1 is 1.20 bits per heavy atom. The number of hydrogen-bond donors (Lipinski definition) is 1. The molecule has 0 saturated heterocycles. The monoisotopic (exact) mass is 358 g/mol. The molecule has 0 spiro atoms. The number of carboxylic acids is 1. The third-order valence-electron chi connectivity index (χ3n) is 3.49. The fraction of sp³-hybridized carbons (Fsp3) is 0.444. The lowest BCUT2D eigenvalue weighted by molar-refractivity contribution is -0.140. The van der Waals surface area contributed by atoms with Crippen molar-refractivity contribution in [1.29, 1.82) is 0 Å². The normalized spacial score (nSPS) is 11.7. The van der Waals surface area contributed by atoms with E-state index in [9.17, 15) is 22.8 Å². The maximum absolute atomic E-state index is 13.0. The molecule has 0 aliphatic heterocycles. The van der Waals surface area contributed by atoms with Crippen LogP contribution in [0.15, 0.2) is 24.3 Å². The van der Waals surface area contributed by atoms with Gasteiger partial charge in [0.15, 0.2) is 0 Å². The van der Waals surface area contributed by atoms with Crippen LogP contribution in [0, 0.1) is 0 Å². The Labute approximate surface area is 144 Å². The summed E-state index contributed by atoms with van der Waals surface area (Å²) in [4.78, 5) is 22.5. The van der Waals surface area contributed by atoms with Gasteiger partial charge in [-0.05, 0) is 29.7 Å². The molecule has 0 amide bonds. The first-order valence-electron chi connectivity index (χ1n) is 8.01. The molecular formula is C18H21F3O4. The smallest absolute Gasteiger partial charge is 0.416 e. The predicted octanol–water partition coefficient (Wildman–Crippen LogP) is 4.47. The van der Waals surface area contributed by atoms with E-state index >= 15 is 0 Å². The molecule has 0 heterocycles. The molecule has 1 rings (SSSR count). The van der Waals surface area contributed by atoms with Gasteiger partial charge in [-0.25, -0.2) is 4.79 Å². The summed E-state index contributed by atoms with van der Waals surface area (Å²) < 4.78 is 44.1. The molecule has 0 radical (unpaired) electrons. The third-order valence-corrected chi connectivity index (χ3v) is 3.49. The summed E-state index contributed by atoms with van der Waals surface area (Å²) in [5.41, 5.74) is -1.38. The van der Waals surface area contributed by atoms with Gasteiger partial charge in [0.1, 0.15) is 0 Å². The van der Waals surface area contributed by atoms with E-state index in [-0.39, 0.29) is 17.7 Å². The second-order valence-electron chi connectivity index (χ2n) is 5.50. The van der Waals surface area contributed by atoms with E-state index in [1.807, 2.05) is 0 Å². The van der Waals surface area contributed by atoms with Crippen LogP contribution >= 0.6 is 0 Å². The molecule has 1 aromatic rings. The molecule has 0 bridgehead atoms. The van der Waals surface area contributed by atoms with Gasteiger partial charge in [-0.2, -0.15) is 13.2 Å². The number of hydrogen-bond acceptors (Lipinski definition) is 3. The molecule has 25 heavy (non-hydrogen) atoms. The van der Waals surface area contributed by atoms with Crippen LogP contribution in [0.3, 0.4) is 0 Å². The van der Waals surface area contributed by atoms with E-state index in [1.165, 1.54) is 12.1 Å². The molecule has 1 aromatic carbocycles. The van der Waals surface area contributed by atoms with Gasteiger partial charge in [0, 0.05) is 6.08 Å². The van der Waals surface area contributed by atoms with E-state index in [4.69, 9.17) is 9.84 Å². The van der Waals surface area contributed by atoms with Crippen molar-refractivity contribution in [3.05, 3.63) is 41.0 Å². The number of carboxylic acid groups (broad SMARTS) is 1. The lowest BCUT2D eigenvalue weighted by Crippen LogP contribution is -2.13. The first-order valence-corrected chi connectivity index (χ1v) is 8.01. The molecule has 0 fully saturated rings. The van der Waals surface area contributed by atoms with E-state index in [0.717, 1.165) is 43.9 Å². The average molecular weight is 358 g/mol. The lowest BCUT2D eigenvalue weighted by Gasteiger charge is -2.14. The number of benzene rings is 1. The number of carbonyl (C=O) groups excluding carboxylic acids is 1. The van der Waals surface area contributed by atoms with Crippen molar-refractivity contribution in [2.75, 3.05) is 6.61 Å². The number of alkyl halides is 3. The Balaban J connectivity index is 2.86. The number of aliphatic carboxylic acids is 1. The highest BCUT2D eigenvalue weighted by Crippen LogP contribution is 2.34. The quantitative estimate of drug-likeness (QED) is 0.402. The Hall–Kier alpha value is -2.31. The van der Waals surface area contributed by atoms with Gasteiger partial charge in [-0.3, -0.25) is 4.79 Å². The molecule has 0 saturated carbocycles. The maximum Gasteiger partial charge on any atom is 0.416 e. The fourth-order valence-electron chi connectivity index (χ4n) is 2.28. The molecule has 0 aliphatic carbocycles. The van der Waals surface area contributed by atoms with Crippen molar-refractivity contribution in [1.82, 2.24) is 0 Å². The zero-order valence-corrected chi connectivity index (χ0v) is 13.9. The van der Waals surface area contributed by atoms with Gasteiger partial charge in [-0.1, -0.05) is 38.3 Å². The number of rotatable bonds is 9. The molecule has 4 nitrogen and oxygen atoms in total. The van der Waals surface area contributed by atoms with Crippen molar-refractivity contribution < 1.29 is 32.6 Å². The van der Waals surface area contributed by atoms with Gasteiger partial charge >= 0.3 is 18.1 Å². The summed E-state index contributed by atoms with van der Waals surface area (Å²) in [5, 5.41) is 8.86. The van der Waals surface area contributed by atoms with Crippen molar-refractivity contribution in [3.8, 4) is 0 Å². The minimum Gasteiger partial charge on any atom is -0.481 e. The molecule has 0 atom stereocenters. The largest absolute Gasteiger partial charge is 0.481 e. The number of unbranched alkanes of at least 4 members (excludes halogenated alkanes) is 3. The van der Waals surface area contributed by atoms with Gasteiger partial charge in [0.25, 0.3) is 0 Å². The highest BCUT2D eigenvalue weighted by atomic mass is 19.4. The number of halogens is 3. The predicted molar refractivity (Wildman–Crippen MR) is 86.9 cm³/mol. The summed E-state index contributed by atoms with van der Waals surface area (Å²) in [6.07, 6.45) is 0.454. The van der Waals surface area contributed by atoms with Crippen LogP contribution in [-0.4, -0.2) is 23.7 Å². The average Bonchev–Trinajstić information content (AvgIpc) is 2.52. The first kappa shape index (κ1) is 20.7. The summed E-state index contributed by atoms with van der Waals surface area (Å²) in [6.45, 7) is 2.30. The van der Waals surface area contributed by atoms with Crippen molar-refractivity contribution in [2.24, 2.45) is 0 Å². The van der Waals surface area contributed by atoms with Crippen molar-refractivity contribution in [2.45, 2.75) is 45.2 Å². The van der Waals surface area contributed by atoms with Crippen LogP contribution in [0.1, 0.15) is 49.3 Å². The standard InChI is InChI=1S/C18H21F3O4/c1-2-3-4-5-11-25-17(24)10-9-13-7-6-8-15(18(19,20)21)14(13)12-16(22)23/h6-10H,2-5,11-12H2,1H3,(H,22,23)/b10-9+. The maximum atomic E-state index is 13.0. The summed E-state index contributed by atoms with van der Waals surface area (Å²) >= 11 is 0. The van der Waals surface area contributed by atoms with Crippen LogP contribution in [0.4, 0.5) is 13.2 Å². The molecule has 0 unspecified atom stereocenters. The topological polar surface area (TPSA) is 63.6 Å². The van der Waals surface area contributed by atoms with Crippen LogP contribution in [0.25, 0.3) is 6.08 Å². The first-order chi connectivity index (χ1) is 11.8. The summed E-state index contributed by atoms with van der Waals surface area (Å²) in [5.74, 6) is -2.06.